The molecule has 0 saturated heterocycles. The van der Waals surface area contributed by atoms with E-state index in [1.165, 1.54) is 0 Å². The smallest absolute Gasteiger partial charge is 0.164 e. The number of aromatic nitrogens is 5. The molecule has 54 heavy (non-hydrogen) atoms. The summed E-state index contributed by atoms with van der Waals surface area (Å²) in [4.78, 5) is 25.2. The van der Waals surface area contributed by atoms with Gasteiger partial charge in [0.15, 0.2) is 23.3 Å². The molecule has 0 aliphatic carbocycles. The van der Waals surface area contributed by atoms with E-state index in [0.29, 0.717) is 23.3 Å². The molecular formula is C49H33N5. The lowest BCUT2D eigenvalue weighted by Gasteiger charge is -2.13. The highest BCUT2D eigenvalue weighted by molar-refractivity contribution is 5.82. The fourth-order valence-electron chi connectivity index (χ4n) is 6.58. The van der Waals surface area contributed by atoms with Gasteiger partial charge in [-0.05, 0) is 52.6 Å². The molecule has 2 heterocycles. The topological polar surface area (TPSA) is 64.5 Å². The van der Waals surface area contributed by atoms with Gasteiger partial charge in [0.05, 0.1) is 11.4 Å². The van der Waals surface area contributed by atoms with Crippen molar-refractivity contribution in [3.63, 3.8) is 0 Å². The number of benzene rings is 7. The van der Waals surface area contributed by atoms with Crippen LogP contribution in [0.3, 0.4) is 0 Å². The highest BCUT2D eigenvalue weighted by Gasteiger charge is 2.16. The first-order chi connectivity index (χ1) is 26.7. The van der Waals surface area contributed by atoms with Crippen molar-refractivity contribution in [1.29, 1.82) is 0 Å². The maximum absolute atomic E-state index is 5.10. The van der Waals surface area contributed by atoms with E-state index in [1.807, 2.05) is 103 Å². The highest BCUT2D eigenvalue weighted by atomic mass is 15.0. The van der Waals surface area contributed by atoms with Crippen LogP contribution < -0.4 is 0 Å². The molecule has 0 saturated carbocycles. The van der Waals surface area contributed by atoms with E-state index < -0.39 is 0 Å². The third-order valence-electron chi connectivity index (χ3n) is 9.32. The summed E-state index contributed by atoms with van der Waals surface area (Å²) < 4.78 is 0. The van der Waals surface area contributed by atoms with Crippen molar-refractivity contribution in [2.75, 3.05) is 0 Å². The summed E-state index contributed by atoms with van der Waals surface area (Å²) in [5.74, 6) is 2.54. The molecule has 0 aliphatic heterocycles. The molecule has 0 bridgehead atoms. The first-order valence-electron chi connectivity index (χ1n) is 17.9. The molecular weight excluding hydrogens is 659 g/mol. The van der Waals surface area contributed by atoms with Gasteiger partial charge in [-0.15, -0.1) is 0 Å². The zero-order valence-electron chi connectivity index (χ0n) is 29.3. The average Bonchev–Trinajstić information content (AvgIpc) is 3.27. The lowest BCUT2D eigenvalue weighted by molar-refractivity contribution is 1.07. The fourth-order valence-corrected chi connectivity index (χ4v) is 6.58. The number of rotatable bonds is 8. The minimum absolute atomic E-state index is 0.605. The van der Waals surface area contributed by atoms with Crippen LogP contribution in [-0.4, -0.2) is 24.9 Å². The Balaban J connectivity index is 1.20. The van der Waals surface area contributed by atoms with Crippen molar-refractivity contribution in [3.8, 4) is 90.3 Å². The van der Waals surface area contributed by atoms with Gasteiger partial charge in [-0.3, -0.25) is 0 Å². The summed E-state index contributed by atoms with van der Waals surface area (Å²) in [6.07, 6.45) is 0. The largest absolute Gasteiger partial charge is 0.228 e. The Morgan fingerprint density at radius 2 is 0.500 bits per heavy atom. The summed E-state index contributed by atoms with van der Waals surface area (Å²) in [5, 5.41) is 0. The van der Waals surface area contributed by atoms with E-state index in [9.17, 15) is 0 Å². The molecule has 0 radical (unpaired) electrons. The van der Waals surface area contributed by atoms with E-state index in [2.05, 4.69) is 97.1 Å². The Morgan fingerprint density at radius 3 is 1.00 bits per heavy atom. The number of nitrogens with zero attached hydrogens (tertiary/aromatic N) is 5. The van der Waals surface area contributed by atoms with Crippen molar-refractivity contribution >= 4 is 0 Å². The van der Waals surface area contributed by atoms with Gasteiger partial charge in [-0.2, -0.15) is 0 Å². The predicted octanol–water partition coefficient (Wildman–Crippen LogP) is 12.0. The van der Waals surface area contributed by atoms with Gasteiger partial charge < -0.3 is 0 Å². The summed E-state index contributed by atoms with van der Waals surface area (Å²) in [7, 11) is 0. The quantitative estimate of drug-likeness (QED) is 0.159. The molecule has 7 aromatic carbocycles. The SMILES string of the molecule is c1ccc(-c2cc(-c3cccc(-c4cc(-c5ccccc5)nc(-c5ccccc5)n4)c3)cc(-c3nc(-c4ccccc4)nc(-c4ccccc4)n3)c2)cc1. The molecule has 0 aliphatic rings. The van der Waals surface area contributed by atoms with E-state index >= 15 is 0 Å². The van der Waals surface area contributed by atoms with Crippen LogP contribution >= 0.6 is 0 Å². The summed E-state index contributed by atoms with van der Waals surface area (Å²) >= 11 is 0. The second-order valence-electron chi connectivity index (χ2n) is 13.0. The Bertz CT molecular complexity index is 2570. The first kappa shape index (κ1) is 32.5. The average molecular weight is 692 g/mol. The molecule has 254 valence electrons. The summed E-state index contributed by atoms with van der Waals surface area (Å²) in [6.45, 7) is 0. The van der Waals surface area contributed by atoms with Crippen LogP contribution in [0.15, 0.2) is 200 Å². The third kappa shape index (κ3) is 6.94. The Hall–Kier alpha value is -7.37. The zero-order valence-corrected chi connectivity index (χ0v) is 29.3. The van der Waals surface area contributed by atoms with E-state index in [4.69, 9.17) is 24.9 Å². The van der Waals surface area contributed by atoms with Crippen molar-refractivity contribution in [1.82, 2.24) is 24.9 Å². The standard InChI is InChI=1S/C49H33N5/c1-6-17-34(18-7-1)41-30-42(32-43(31-41)49-53-47(37-23-12-4-13-24-37)52-48(54-49)38-25-14-5-15-26-38)39-27-16-28-40(29-39)45-33-44(35-19-8-2-9-20-35)50-46(51-45)36-21-10-3-11-22-36/h1-33H. The minimum Gasteiger partial charge on any atom is -0.228 e. The fraction of sp³-hybridized carbons (Fsp3) is 0. The normalized spacial score (nSPS) is 11.0. The monoisotopic (exact) mass is 691 g/mol. The number of hydrogen-bond acceptors (Lipinski definition) is 5. The molecule has 0 atom stereocenters. The lowest BCUT2D eigenvalue weighted by Crippen LogP contribution is -2.00. The minimum atomic E-state index is 0.605. The second-order valence-corrected chi connectivity index (χ2v) is 13.0. The molecule has 5 heteroatoms. The molecule has 9 rings (SSSR count). The van der Waals surface area contributed by atoms with Gasteiger partial charge in [0.1, 0.15) is 0 Å². The van der Waals surface area contributed by atoms with Crippen molar-refractivity contribution in [2.45, 2.75) is 0 Å². The number of hydrogen-bond donors (Lipinski definition) is 0. The maximum Gasteiger partial charge on any atom is 0.164 e. The Labute approximate surface area is 314 Å². The van der Waals surface area contributed by atoms with Gasteiger partial charge in [-0.25, -0.2) is 24.9 Å². The Kier molecular flexibility index (Phi) is 8.86. The van der Waals surface area contributed by atoms with E-state index in [-0.39, 0.29) is 0 Å². The van der Waals surface area contributed by atoms with Gasteiger partial charge >= 0.3 is 0 Å². The first-order valence-corrected chi connectivity index (χ1v) is 17.9. The molecule has 0 amide bonds. The van der Waals surface area contributed by atoms with Crippen LogP contribution in [0.1, 0.15) is 0 Å². The van der Waals surface area contributed by atoms with Gasteiger partial charge in [0, 0.05) is 33.4 Å². The van der Waals surface area contributed by atoms with Gasteiger partial charge in [0.2, 0.25) is 0 Å². The van der Waals surface area contributed by atoms with E-state index in [0.717, 1.165) is 67.0 Å². The van der Waals surface area contributed by atoms with Crippen LogP contribution in [0.25, 0.3) is 90.3 Å². The summed E-state index contributed by atoms with van der Waals surface area (Å²) in [6, 6.07) is 68.2. The van der Waals surface area contributed by atoms with E-state index in [1.54, 1.807) is 0 Å². The van der Waals surface area contributed by atoms with Crippen molar-refractivity contribution < 1.29 is 0 Å². The predicted molar refractivity (Wildman–Crippen MR) is 219 cm³/mol. The van der Waals surface area contributed by atoms with Crippen LogP contribution in [-0.2, 0) is 0 Å². The zero-order chi connectivity index (χ0) is 36.1. The van der Waals surface area contributed by atoms with Crippen molar-refractivity contribution in [2.24, 2.45) is 0 Å². The maximum atomic E-state index is 5.10. The molecule has 5 nitrogen and oxygen atoms in total. The molecule has 0 unspecified atom stereocenters. The second kappa shape index (κ2) is 14.7. The van der Waals surface area contributed by atoms with Crippen molar-refractivity contribution in [3.05, 3.63) is 200 Å². The van der Waals surface area contributed by atoms with Gasteiger partial charge in [0.25, 0.3) is 0 Å². The Morgan fingerprint density at radius 1 is 0.185 bits per heavy atom. The molecule has 2 aromatic heterocycles. The van der Waals surface area contributed by atoms with Crippen LogP contribution in [0.2, 0.25) is 0 Å². The third-order valence-corrected chi connectivity index (χ3v) is 9.32. The molecule has 9 aromatic rings. The molecule has 0 N–H and O–H groups in total. The van der Waals surface area contributed by atoms with Gasteiger partial charge in [-0.1, -0.05) is 170 Å². The molecule has 0 fully saturated rings. The highest BCUT2D eigenvalue weighted by Crippen LogP contribution is 2.35. The van der Waals surface area contributed by atoms with Crippen LogP contribution in [0.4, 0.5) is 0 Å². The molecule has 0 spiro atoms. The summed E-state index contributed by atoms with van der Waals surface area (Å²) in [5.41, 5.74) is 11.7. The van der Waals surface area contributed by atoms with Crippen LogP contribution in [0.5, 0.6) is 0 Å². The van der Waals surface area contributed by atoms with Crippen LogP contribution in [0, 0.1) is 0 Å². The lowest BCUT2D eigenvalue weighted by atomic mass is 9.94.